The number of hydrogen-bond acceptors (Lipinski definition) is 4. The minimum absolute atomic E-state index is 0.0634. The molecule has 2 aromatic rings. The van der Waals surface area contributed by atoms with E-state index in [1.807, 2.05) is 6.92 Å². The lowest BCUT2D eigenvalue weighted by atomic mass is 10.2. The minimum atomic E-state index is -4.40. The molecule has 20 heavy (non-hydrogen) atoms. The maximum absolute atomic E-state index is 12.3. The summed E-state index contributed by atoms with van der Waals surface area (Å²) in [6, 6.07) is 6.79. The maximum atomic E-state index is 12.3. The first-order chi connectivity index (χ1) is 9.49. The fourth-order valence-electron chi connectivity index (χ4n) is 1.62. The van der Waals surface area contributed by atoms with Crippen molar-refractivity contribution in [2.24, 2.45) is 0 Å². The molecular weight excluding hydrogens is 271 g/mol. The van der Waals surface area contributed by atoms with Crippen molar-refractivity contribution < 1.29 is 17.9 Å². The maximum Gasteiger partial charge on any atom is 0.422 e. The third-order valence-electron chi connectivity index (χ3n) is 2.47. The molecule has 1 N–H and O–H groups in total. The van der Waals surface area contributed by atoms with E-state index in [0.29, 0.717) is 17.4 Å². The zero-order valence-corrected chi connectivity index (χ0v) is 10.9. The molecule has 0 fully saturated rings. The molecule has 1 aromatic heterocycles. The van der Waals surface area contributed by atoms with E-state index in [1.54, 1.807) is 24.3 Å². The van der Waals surface area contributed by atoms with Gasteiger partial charge in [-0.2, -0.15) is 18.2 Å². The number of hydrogen-bond donors (Lipinski definition) is 1. The Hall–Kier alpha value is -2.05. The second-order valence-electron chi connectivity index (χ2n) is 4.20. The van der Waals surface area contributed by atoms with Crippen molar-refractivity contribution in [3.05, 3.63) is 24.3 Å². The Kier molecular flexibility index (Phi) is 4.26. The fraction of sp³-hybridized carbons (Fsp3) is 0.385. The Morgan fingerprint density at radius 2 is 1.95 bits per heavy atom. The monoisotopic (exact) mass is 285 g/mol. The van der Waals surface area contributed by atoms with E-state index in [9.17, 15) is 13.2 Å². The Morgan fingerprint density at radius 1 is 1.20 bits per heavy atom. The quantitative estimate of drug-likeness (QED) is 0.914. The van der Waals surface area contributed by atoms with Gasteiger partial charge >= 0.3 is 6.18 Å². The van der Waals surface area contributed by atoms with Crippen molar-refractivity contribution in [2.75, 3.05) is 18.5 Å². The van der Waals surface area contributed by atoms with Gasteiger partial charge in [0, 0.05) is 6.54 Å². The van der Waals surface area contributed by atoms with Crippen LogP contribution in [-0.4, -0.2) is 29.3 Å². The number of alkyl halides is 3. The predicted molar refractivity (Wildman–Crippen MR) is 69.9 cm³/mol. The summed E-state index contributed by atoms with van der Waals surface area (Å²) in [4.78, 5) is 8.23. The average molecular weight is 285 g/mol. The molecule has 0 unspecified atom stereocenters. The van der Waals surface area contributed by atoms with Crippen molar-refractivity contribution in [1.82, 2.24) is 9.97 Å². The molecule has 0 saturated heterocycles. The van der Waals surface area contributed by atoms with Crippen molar-refractivity contribution in [3.8, 4) is 5.88 Å². The smallest absolute Gasteiger partial charge is 0.422 e. The normalized spacial score (nSPS) is 11.6. The highest BCUT2D eigenvalue weighted by molar-refractivity contribution is 5.84. The van der Waals surface area contributed by atoms with Gasteiger partial charge in [0.15, 0.2) is 6.61 Å². The van der Waals surface area contributed by atoms with Crippen LogP contribution >= 0.6 is 0 Å². The summed E-state index contributed by atoms with van der Waals surface area (Å²) in [5, 5.41) is 3.40. The van der Waals surface area contributed by atoms with Gasteiger partial charge in [0.1, 0.15) is 0 Å². The highest BCUT2D eigenvalue weighted by Gasteiger charge is 2.29. The molecule has 0 spiro atoms. The van der Waals surface area contributed by atoms with Crippen LogP contribution in [0.1, 0.15) is 13.3 Å². The summed E-state index contributed by atoms with van der Waals surface area (Å²) in [6.07, 6.45) is -3.54. The molecule has 0 radical (unpaired) electrons. The summed E-state index contributed by atoms with van der Waals surface area (Å²) < 4.78 is 41.6. The molecule has 1 heterocycles. The van der Waals surface area contributed by atoms with Crippen LogP contribution < -0.4 is 10.1 Å². The van der Waals surface area contributed by atoms with E-state index < -0.39 is 12.8 Å². The molecule has 2 rings (SSSR count). The first kappa shape index (κ1) is 14.4. The Labute approximate surface area is 114 Å². The zero-order chi connectivity index (χ0) is 14.6. The van der Waals surface area contributed by atoms with Crippen molar-refractivity contribution in [3.63, 3.8) is 0 Å². The molecule has 0 amide bonds. The van der Waals surface area contributed by atoms with Gasteiger partial charge < -0.3 is 10.1 Å². The summed E-state index contributed by atoms with van der Waals surface area (Å²) >= 11 is 0. The van der Waals surface area contributed by atoms with Gasteiger partial charge in [-0.25, -0.2) is 4.98 Å². The molecule has 1 aromatic carbocycles. The summed E-state index contributed by atoms with van der Waals surface area (Å²) in [6.45, 7) is 1.23. The first-order valence-electron chi connectivity index (χ1n) is 6.20. The summed E-state index contributed by atoms with van der Waals surface area (Å²) in [7, 11) is 0. The Morgan fingerprint density at radius 3 is 2.65 bits per heavy atom. The molecule has 108 valence electrons. The fourth-order valence-corrected chi connectivity index (χ4v) is 1.62. The molecule has 7 heteroatoms. The van der Waals surface area contributed by atoms with Crippen molar-refractivity contribution in [1.29, 1.82) is 0 Å². The van der Waals surface area contributed by atoms with Crippen LogP contribution in [0.5, 0.6) is 5.88 Å². The molecule has 0 aliphatic carbocycles. The van der Waals surface area contributed by atoms with Crippen molar-refractivity contribution >= 4 is 16.9 Å². The number of anilines is 1. The van der Waals surface area contributed by atoms with E-state index in [0.717, 1.165) is 6.42 Å². The van der Waals surface area contributed by atoms with Crippen LogP contribution in [0.15, 0.2) is 24.3 Å². The molecule has 0 aliphatic heterocycles. The van der Waals surface area contributed by atoms with Gasteiger partial charge in [-0.3, -0.25) is 0 Å². The highest BCUT2D eigenvalue weighted by atomic mass is 19.4. The minimum Gasteiger partial charge on any atom is -0.467 e. The number of para-hydroxylation sites is 1. The molecule has 0 aliphatic rings. The lowest BCUT2D eigenvalue weighted by Gasteiger charge is -2.12. The zero-order valence-electron chi connectivity index (χ0n) is 10.9. The van der Waals surface area contributed by atoms with Crippen LogP contribution in [0.4, 0.5) is 19.1 Å². The Bertz CT molecular complexity index is 587. The van der Waals surface area contributed by atoms with Crippen LogP contribution in [0.25, 0.3) is 10.9 Å². The van der Waals surface area contributed by atoms with Gasteiger partial charge in [-0.05, 0) is 18.6 Å². The lowest BCUT2D eigenvalue weighted by molar-refractivity contribution is -0.153. The summed E-state index contributed by atoms with van der Waals surface area (Å²) in [5.41, 5.74) is 0.540. The van der Waals surface area contributed by atoms with E-state index in [2.05, 4.69) is 15.3 Å². The number of nitrogens with zero attached hydrogens (tertiary/aromatic N) is 2. The molecule has 0 saturated carbocycles. The largest absolute Gasteiger partial charge is 0.467 e. The van der Waals surface area contributed by atoms with Gasteiger partial charge in [-0.15, -0.1) is 0 Å². The second kappa shape index (κ2) is 5.94. The van der Waals surface area contributed by atoms with E-state index in [1.165, 1.54) is 0 Å². The summed E-state index contributed by atoms with van der Waals surface area (Å²) in [5.74, 6) is 0.203. The SMILES string of the molecule is CCCNc1nc(OCC(F)(F)F)c2ccccc2n1. The predicted octanol–water partition coefficient (Wildman–Crippen LogP) is 3.39. The highest BCUT2D eigenvalue weighted by Crippen LogP contribution is 2.25. The van der Waals surface area contributed by atoms with Crippen LogP contribution in [0.2, 0.25) is 0 Å². The number of nitrogens with one attached hydrogen (secondary N) is 1. The third kappa shape index (κ3) is 3.72. The van der Waals surface area contributed by atoms with Gasteiger partial charge in [0.2, 0.25) is 11.8 Å². The van der Waals surface area contributed by atoms with E-state index >= 15 is 0 Å². The Balaban J connectivity index is 2.33. The molecular formula is C13H14F3N3O. The number of fused-ring (bicyclic) bond motifs is 1. The van der Waals surface area contributed by atoms with Gasteiger partial charge in [0.25, 0.3) is 0 Å². The number of halogens is 3. The van der Waals surface area contributed by atoms with Crippen LogP contribution in [0.3, 0.4) is 0 Å². The lowest BCUT2D eigenvalue weighted by Crippen LogP contribution is -2.20. The number of aromatic nitrogens is 2. The topological polar surface area (TPSA) is 47.0 Å². The second-order valence-corrected chi connectivity index (χ2v) is 4.20. The number of rotatable bonds is 5. The van der Waals surface area contributed by atoms with Gasteiger partial charge in [0.05, 0.1) is 10.9 Å². The van der Waals surface area contributed by atoms with Gasteiger partial charge in [-0.1, -0.05) is 19.1 Å². The first-order valence-corrected chi connectivity index (χ1v) is 6.20. The molecule has 0 atom stereocenters. The standard InChI is InChI=1S/C13H14F3N3O/c1-2-7-17-12-18-10-6-4-3-5-9(10)11(19-12)20-8-13(14,15)16/h3-6H,2,7-8H2,1H3,(H,17,18,19). The van der Waals surface area contributed by atoms with E-state index in [-0.39, 0.29) is 11.8 Å². The van der Waals surface area contributed by atoms with Crippen LogP contribution in [-0.2, 0) is 0 Å². The van der Waals surface area contributed by atoms with Crippen molar-refractivity contribution in [2.45, 2.75) is 19.5 Å². The average Bonchev–Trinajstić information content (AvgIpc) is 2.41. The third-order valence-corrected chi connectivity index (χ3v) is 2.47. The van der Waals surface area contributed by atoms with E-state index in [4.69, 9.17) is 4.74 Å². The number of ether oxygens (including phenoxy) is 1. The molecule has 4 nitrogen and oxygen atoms in total. The van der Waals surface area contributed by atoms with Crippen LogP contribution in [0, 0.1) is 0 Å². The molecule has 0 bridgehead atoms. The number of benzene rings is 1.